The molecule has 0 amide bonds. The normalized spacial score (nSPS) is 16.5. The molecule has 1 unspecified atom stereocenters. The van der Waals surface area contributed by atoms with Gasteiger partial charge in [0.2, 0.25) is 0 Å². The summed E-state index contributed by atoms with van der Waals surface area (Å²) >= 11 is 0. The summed E-state index contributed by atoms with van der Waals surface area (Å²) in [5.74, 6) is 0.0613. The molecule has 0 aromatic heterocycles. The number of methoxy groups -OCH3 is 1. The average molecular weight is 688 g/mol. The van der Waals surface area contributed by atoms with E-state index in [1.54, 1.807) is 42.5 Å². The second kappa shape index (κ2) is 13.8. The molecule has 8 rings (SSSR count). The van der Waals surface area contributed by atoms with E-state index in [0.29, 0.717) is 33.6 Å². The molecular formula is C45H37NO6. The molecule has 52 heavy (non-hydrogen) atoms. The van der Waals surface area contributed by atoms with E-state index in [1.165, 1.54) is 32.1 Å². The first-order valence-electron chi connectivity index (χ1n) is 17.5. The maximum atomic E-state index is 13.4. The molecule has 1 N–H and O–H groups in total. The van der Waals surface area contributed by atoms with Crippen LogP contribution in [0.3, 0.4) is 0 Å². The number of esters is 2. The van der Waals surface area contributed by atoms with Crippen LogP contribution in [0.1, 0.15) is 56.7 Å². The Hall–Kier alpha value is -6.34. The number of hydrogen-bond acceptors (Lipinski definition) is 7. The molecule has 7 heteroatoms. The molecule has 6 aromatic rings. The minimum absolute atomic E-state index is 0.195. The number of carbonyl (C=O) groups is 2. The third-order valence-electron chi connectivity index (χ3n) is 10.0. The monoisotopic (exact) mass is 687 g/mol. The predicted octanol–water partition coefficient (Wildman–Crippen LogP) is 9.56. The van der Waals surface area contributed by atoms with Crippen molar-refractivity contribution in [1.29, 1.82) is 0 Å². The number of nitrogens with zero attached hydrogens (tertiary/aromatic N) is 1. The van der Waals surface area contributed by atoms with Gasteiger partial charge in [0, 0.05) is 40.9 Å². The quantitative estimate of drug-likeness (QED) is 0.132. The minimum Gasteiger partial charge on any atom is -0.508 e. The summed E-state index contributed by atoms with van der Waals surface area (Å²) in [5.41, 5.74) is 5.21. The summed E-state index contributed by atoms with van der Waals surface area (Å²) in [5, 5.41) is 11.0. The lowest BCUT2D eigenvalue weighted by atomic mass is 9.82. The maximum absolute atomic E-state index is 13.4. The highest BCUT2D eigenvalue weighted by Gasteiger charge is 2.39. The molecule has 6 aromatic carbocycles. The van der Waals surface area contributed by atoms with Gasteiger partial charge in [-0.25, -0.2) is 9.59 Å². The Morgan fingerprint density at radius 2 is 1.40 bits per heavy atom. The SMILES string of the molecule is COC(=O)c1cc2cc(C(=O)Oc3ccc(-c4ccc(O)cc4)cc3)ccc2c2c1C=CC(c1ccccc1)(c1ccc(N3CCCCC3)cc1)O2. The van der Waals surface area contributed by atoms with Crippen LogP contribution in [0.2, 0.25) is 0 Å². The van der Waals surface area contributed by atoms with E-state index in [4.69, 9.17) is 14.2 Å². The van der Waals surface area contributed by atoms with Crippen LogP contribution in [0.25, 0.3) is 28.0 Å². The lowest BCUT2D eigenvalue weighted by Gasteiger charge is -2.37. The summed E-state index contributed by atoms with van der Waals surface area (Å²) in [6.07, 6.45) is 7.62. The molecule has 1 saturated heterocycles. The number of rotatable bonds is 7. The fraction of sp³-hybridized carbons (Fsp3) is 0.156. The highest BCUT2D eigenvalue weighted by molar-refractivity contribution is 6.06. The number of phenols is 1. The predicted molar refractivity (Wildman–Crippen MR) is 203 cm³/mol. The summed E-state index contributed by atoms with van der Waals surface area (Å²) < 4.78 is 18.1. The van der Waals surface area contributed by atoms with Gasteiger partial charge in [0.15, 0.2) is 5.60 Å². The topological polar surface area (TPSA) is 85.3 Å². The lowest BCUT2D eigenvalue weighted by Crippen LogP contribution is -2.35. The van der Waals surface area contributed by atoms with Crippen molar-refractivity contribution in [1.82, 2.24) is 0 Å². The van der Waals surface area contributed by atoms with Gasteiger partial charge in [0.25, 0.3) is 0 Å². The van der Waals surface area contributed by atoms with Gasteiger partial charge < -0.3 is 24.2 Å². The van der Waals surface area contributed by atoms with Gasteiger partial charge in [0.05, 0.1) is 18.2 Å². The zero-order chi connectivity index (χ0) is 35.7. The summed E-state index contributed by atoms with van der Waals surface area (Å²) in [6.45, 7) is 2.11. The van der Waals surface area contributed by atoms with Crippen molar-refractivity contribution in [2.45, 2.75) is 24.9 Å². The van der Waals surface area contributed by atoms with Crippen LogP contribution in [0.15, 0.2) is 133 Å². The number of phenolic OH excluding ortho intramolecular Hbond substituents is 1. The Labute approximate surface area is 302 Å². The van der Waals surface area contributed by atoms with Crippen molar-refractivity contribution in [3.8, 4) is 28.4 Å². The molecule has 2 aliphatic rings. The average Bonchev–Trinajstić information content (AvgIpc) is 3.21. The first-order valence-corrected chi connectivity index (χ1v) is 17.5. The number of carbonyl (C=O) groups excluding carboxylic acids is 2. The van der Waals surface area contributed by atoms with Gasteiger partial charge in [-0.05, 0) is 109 Å². The Morgan fingerprint density at radius 3 is 2.10 bits per heavy atom. The fourth-order valence-corrected chi connectivity index (χ4v) is 7.24. The molecule has 0 saturated carbocycles. The Balaban J connectivity index is 1.15. The number of fused-ring (bicyclic) bond motifs is 3. The van der Waals surface area contributed by atoms with Crippen LogP contribution >= 0.6 is 0 Å². The second-order valence-corrected chi connectivity index (χ2v) is 13.2. The van der Waals surface area contributed by atoms with Crippen molar-refractivity contribution in [3.05, 3.63) is 161 Å². The molecule has 1 atom stereocenters. The Kier molecular flexibility index (Phi) is 8.69. The van der Waals surface area contributed by atoms with E-state index < -0.39 is 17.5 Å². The van der Waals surface area contributed by atoms with Gasteiger partial charge >= 0.3 is 11.9 Å². The number of ether oxygens (including phenoxy) is 3. The number of piperidine rings is 1. The van der Waals surface area contributed by atoms with Gasteiger partial charge in [-0.2, -0.15) is 0 Å². The molecule has 7 nitrogen and oxygen atoms in total. The third kappa shape index (κ3) is 6.15. The van der Waals surface area contributed by atoms with Gasteiger partial charge in [-0.1, -0.05) is 66.7 Å². The summed E-state index contributed by atoms with van der Waals surface area (Å²) in [7, 11) is 1.35. The standard InChI is InChI=1S/C45H37NO6/c1-50-44(49)41-29-33-28-32(43(48)51-38-21-12-31(13-22-38)30-10-19-37(47)20-11-30)14-23-39(33)42-40(41)24-25-45(52-42,34-8-4-2-5-9-34)35-15-17-36(18-16-35)46-26-6-3-7-27-46/h2,4-5,8-25,28-29,47H,3,6-7,26-27H2,1H3. The van der Waals surface area contributed by atoms with E-state index in [2.05, 4.69) is 29.2 Å². The first-order chi connectivity index (χ1) is 25.4. The summed E-state index contributed by atoms with van der Waals surface area (Å²) in [6, 6.07) is 39.7. The zero-order valence-corrected chi connectivity index (χ0v) is 28.8. The number of benzene rings is 6. The third-order valence-corrected chi connectivity index (χ3v) is 10.0. The number of aromatic hydroxyl groups is 1. The van der Waals surface area contributed by atoms with Gasteiger partial charge in [0.1, 0.15) is 17.2 Å². The van der Waals surface area contributed by atoms with Crippen LogP contribution in [-0.4, -0.2) is 37.2 Å². The molecule has 1 fully saturated rings. The van der Waals surface area contributed by atoms with Crippen molar-refractivity contribution in [2.75, 3.05) is 25.1 Å². The van der Waals surface area contributed by atoms with Gasteiger partial charge in [-0.15, -0.1) is 0 Å². The van der Waals surface area contributed by atoms with Gasteiger partial charge in [-0.3, -0.25) is 0 Å². The van der Waals surface area contributed by atoms with E-state index in [0.717, 1.165) is 40.7 Å². The van der Waals surface area contributed by atoms with Crippen LogP contribution in [0.4, 0.5) is 5.69 Å². The fourth-order valence-electron chi connectivity index (χ4n) is 7.24. The second-order valence-electron chi connectivity index (χ2n) is 13.2. The van der Waals surface area contributed by atoms with Crippen molar-refractivity contribution < 1.29 is 28.9 Å². The largest absolute Gasteiger partial charge is 0.508 e. The molecule has 0 spiro atoms. The van der Waals surface area contributed by atoms with Crippen LogP contribution < -0.4 is 14.4 Å². The number of anilines is 1. The van der Waals surface area contributed by atoms with E-state index in [1.807, 2.05) is 72.8 Å². The smallest absolute Gasteiger partial charge is 0.343 e. The zero-order valence-electron chi connectivity index (χ0n) is 28.8. The van der Waals surface area contributed by atoms with E-state index >= 15 is 0 Å². The summed E-state index contributed by atoms with van der Waals surface area (Å²) in [4.78, 5) is 29.1. The molecule has 2 heterocycles. The molecule has 2 aliphatic heterocycles. The molecule has 0 aliphatic carbocycles. The van der Waals surface area contributed by atoms with Crippen LogP contribution in [0.5, 0.6) is 17.2 Å². The Bertz CT molecular complexity index is 2290. The highest BCUT2D eigenvalue weighted by atomic mass is 16.5. The van der Waals surface area contributed by atoms with E-state index in [9.17, 15) is 14.7 Å². The van der Waals surface area contributed by atoms with Crippen LogP contribution in [-0.2, 0) is 10.3 Å². The van der Waals surface area contributed by atoms with Crippen molar-refractivity contribution >= 4 is 34.5 Å². The van der Waals surface area contributed by atoms with Crippen LogP contribution in [0, 0.1) is 0 Å². The number of hydrogen-bond donors (Lipinski definition) is 1. The highest BCUT2D eigenvalue weighted by Crippen LogP contribution is 2.47. The maximum Gasteiger partial charge on any atom is 0.343 e. The minimum atomic E-state index is -0.986. The first kappa shape index (κ1) is 32.8. The van der Waals surface area contributed by atoms with Crippen molar-refractivity contribution in [2.24, 2.45) is 0 Å². The molecule has 0 radical (unpaired) electrons. The van der Waals surface area contributed by atoms with E-state index in [-0.39, 0.29) is 5.75 Å². The Morgan fingerprint density at radius 1 is 0.731 bits per heavy atom. The molecular weight excluding hydrogens is 650 g/mol. The lowest BCUT2D eigenvalue weighted by molar-refractivity contribution is 0.0598. The van der Waals surface area contributed by atoms with Crippen molar-refractivity contribution in [3.63, 3.8) is 0 Å². The molecule has 258 valence electrons. The molecule has 0 bridgehead atoms.